The van der Waals surface area contributed by atoms with E-state index in [9.17, 15) is 24.3 Å². The summed E-state index contributed by atoms with van der Waals surface area (Å²) in [7, 11) is 0. The number of benzene rings is 2. The lowest BCUT2D eigenvalue weighted by molar-refractivity contribution is -0.113. The number of anilines is 2. The molecule has 0 bridgehead atoms. The molecule has 2 amide bonds. The van der Waals surface area contributed by atoms with E-state index in [2.05, 4.69) is 15.8 Å². The standard InChI is InChI=1S/C21H17N3O7S/c1-11-7-17(24-31-11)23-18(25)10-32-14-4-2-3-13(9-14)22-19(26)15-6-5-12(20(27)28)8-16(15)21(29)30/h2-9H,10H2,1H3,(H,22,26)(H,27,28)(H,29,30)(H,23,24,25). The van der Waals surface area contributed by atoms with Gasteiger partial charge in [-0.3, -0.25) is 9.59 Å². The molecule has 0 aliphatic rings. The zero-order valence-electron chi connectivity index (χ0n) is 16.6. The highest BCUT2D eigenvalue weighted by atomic mass is 32.2. The van der Waals surface area contributed by atoms with E-state index in [-0.39, 0.29) is 22.8 Å². The molecule has 11 heteroatoms. The van der Waals surface area contributed by atoms with Crippen LogP contribution in [0, 0.1) is 6.92 Å². The third-order valence-corrected chi connectivity index (χ3v) is 5.09. The zero-order valence-corrected chi connectivity index (χ0v) is 17.4. The number of hydrogen-bond acceptors (Lipinski definition) is 7. The van der Waals surface area contributed by atoms with Crippen molar-refractivity contribution in [2.45, 2.75) is 11.8 Å². The number of carboxylic acid groups (broad SMARTS) is 2. The van der Waals surface area contributed by atoms with Gasteiger partial charge in [-0.1, -0.05) is 11.2 Å². The third kappa shape index (κ3) is 5.73. The van der Waals surface area contributed by atoms with Crippen LogP contribution in [0.1, 0.15) is 36.8 Å². The maximum absolute atomic E-state index is 12.6. The van der Waals surface area contributed by atoms with Gasteiger partial charge in [0, 0.05) is 16.6 Å². The lowest BCUT2D eigenvalue weighted by atomic mass is 10.0. The number of hydrogen-bond donors (Lipinski definition) is 4. The minimum absolute atomic E-state index is 0.0864. The van der Waals surface area contributed by atoms with Crippen molar-refractivity contribution in [2.24, 2.45) is 0 Å². The first-order valence-electron chi connectivity index (χ1n) is 9.11. The predicted octanol–water partition coefficient (Wildman–Crippen LogP) is 3.36. The monoisotopic (exact) mass is 455 g/mol. The van der Waals surface area contributed by atoms with Crippen LogP contribution in [0.3, 0.4) is 0 Å². The molecule has 164 valence electrons. The Balaban J connectivity index is 1.66. The van der Waals surface area contributed by atoms with Crippen molar-refractivity contribution in [3.8, 4) is 0 Å². The van der Waals surface area contributed by atoms with E-state index in [0.717, 1.165) is 18.2 Å². The second-order valence-corrected chi connectivity index (χ2v) is 7.56. The zero-order chi connectivity index (χ0) is 23.3. The lowest BCUT2D eigenvalue weighted by Crippen LogP contribution is -2.17. The van der Waals surface area contributed by atoms with E-state index in [1.54, 1.807) is 37.3 Å². The van der Waals surface area contributed by atoms with E-state index in [4.69, 9.17) is 9.63 Å². The summed E-state index contributed by atoms with van der Waals surface area (Å²) in [5.41, 5.74) is -0.460. The van der Waals surface area contributed by atoms with Crippen molar-refractivity contribution in [3.63, 3.8) is 0 Å². The first kappa shape index (κ1) is 22.6. The number of thioether (sulfide) groups is 1. The fourth-order valence-corrected chi connectivity index (χ4v) is 3.42. The van der Waals surface area contributed by atoms with Crippen LogP contribution in [0.4, 0.5) is 11.5 Å². The normalized spacial score (nSPS) is 10.4. The van der Waals surface area contributed by atoms with E-state index in [0.29, 0.717) is 22.2 Å². The average molecular weight is 455 g/mol. The van der Waals surface area contributed by atoms with Gasteiger partial charge in [-0.25, -0.2) is 9.59 Å². The Labute approximate surface area is 185 Å². The summed E-state index contributed by atoms with van der Waals surface area (Å²) in [5, 5.41) is 27.2. The number of aryl methyl sites for hydroxylation is 1. The van der Waals surface area contributed by atoms with E-state index < -0.39 is 23.4 Å². The second-order valence-electron chi connectivity index (χ2n) is 6.51. The molecule has 3 aromatic rings. The number of aromatic nitrogens is 1. The number of carboxylic acids is 2. The van der Waals surface area contributed by atoms with Gasteiger partial charge in [0.15, 0.2) is 5.82 Å². The van der Waals surface area contributed by atoms with Crippen LogP contribution in [0.5, 0.6) is 0 Å². The van der Waals surface area contributed by atoms with Crippen molar-refractivity contribution < 1.29 is 33.9 Å². The summed E-state index contributed by atoms with van der Waals surface area (Å²) in [6, 6.07) is 11.5. The van der Waals surface area contributed by atoms with E-state index in [1.165, 1.54) is 11.8 Å². The topological polar surface area (TPSA) is 159 Å². The molecule has 0 atom stereocenters. The van der Waals surface area contributed by atoms with Crippen LogP contribution in [0.15, 0.2) is 57.9 Å². The highest BCUT2D eigenvalue weighted by Crippen LogP contribution is 2.23. The van der Waals surface area contributed by atoms with Gasteiger partial charge >= 0.3 is 11.9 Å². The third-order valence-electron chi connectivity index (χ3n) is 4.10. The molecule has 0 saturated carbocycles. The summed E-state index contributed by atoms with van der Waals surface area (Å²) in [6.07, 6.45) is 0. The number of amides is 2. The highest BCUT2D eigenvalue weighted by molar-refractivity contribution is 8.00. The van der Waals surface area contributed by atoms with Crippen LogP contribution >= 0.6 is 11.8 Å². The first-order valence-corrected chi connectivity index (χ1v) is 10.1. The number of carbonyl (C=O) groups is 4. The predicted molar refractivity (Wildman–Crippen MR) is 115 cm³/mol. The van der Waals surface area contributed by atoms with Gasteiger partial charge < -0.3 is 25.4 Å². The lowest BCUT2D eigenvalue weighted by Gasteiger charge is -2.10. The summed E-state index contributed by atoms with van der Waals surface area (Å²) in [4.78, 5) is 47.9. The molecule has 0 aliphatic heterocycles. The van der Waals surface area contributed by atoms with Crippen LogP contribution in [-0.4, -0.2) is 44.9 Å². The number of rotatable bonds is 8. The molecule has 1 aromatic heterocycles. The Hall–Kier alpha value is -4.12. The van der Waals surface area contributed by atoms with Gasteiger partial charge in [-0.2, -0.15) is 0 Å². The molecule has 0 unspecified atom stereocenters. The average Bonchev–Trinajstić information content (AvgIpc) is 3.16. The molecule has 3 rings (SSSR count). The highest BCUT2D eigenvalue weighted by Gasteiger charge is 2.19. The SMILES string of the molecule is Cc1cc(NC(=O)CSc2cccc(NC(=O)c3ccc(C(=O)O)cc3C(=O)O)c2)no1. The molecule has 32 heavy (non-hydrogen) atoms. The number of nitrogens with one attached hydrogen (secondary N) is 2. The van der Waals surface area contributed by atoms with Crippen molar-refractivity contribution in [1.82, 2.24) is 5.16 Å². The van der Waals surface area contributed by atoms with E-state index >= 15 is 0 Å². The number of carbonyl (C=O) groups excluding carboxylic acids is 2. The maximum Gasteiger partial charge on any atom is 0.336 e. The largest absolute Gasteiger partial charge is 0.478 e. The van der Waals surface area contributed by atoms with Crippen molar-refractivity contribution in [2.75, 3.05) is 16.4 Å². The second kappa shape index (κ2) is 9.79. The summed E-state index contributed by atoms with van der Waals surface area (Å²) >= 11 is 1.22. The van der Waals surface area contributed by atoms with Crippen LogP contribution in [-0.2, 0) is 4.79 Å². The van der Waals surface area contributed by atoms with Gasteiger partial charge in [0.1, 0.15) is 5.76 Å². The molecule has 0 fully saturated rings. The molecular formula is C21H17N3O7S. The first-order chi connectivity index (χ1) is 15.2. The molecule has 1 heterocycles. The molecule has 0 spiro atoms. The number of nitrogens with zero attached hydrogens (tertiary/aromatic N) is 1. The Kier molecular flexibility index (Phi) is 6.90. The molecular weight excluding hydrogens is 438 g/mol. The fraction of sp³-hybridized carbons (Fsp3) is 0.0952. The Bertz CT molecular complexity index is 1210. The van der Waals surface area contributed by atoms with Gasteiger partial charge in [0.05, 0.1) is 22.4 Å². The van der Waals surface area contributed by atoms with Crippen molar-refractivity contribution in [1.29, 1.82) is 0 Å². The molecule has 4 N–H and O–H groups in total. The van der Waals surface area contributed by atoms with Gasteiger partial charge in [-0.05, 0) is 43.3 Å². The summed E-state index contributed by atoms with van der Waals surface area (Å²) < 4.78 is 4.88. The molecule has 0 saturated heterocycles. The van der Waals surface area contributed by atoms with E-state index in [1.807, 2.05) is 0 Å². The van der Waals surface area contributed by atoms with Crippen molar-refractivity contribution in [3.05, 3.63) is 71.0 Å². The Morgan fingerprint density at radius 1 is 0.969 bits per heavy atom. The quantitative estimate of drug-likeness (QED) is 0.374. The molecule has 2 aromatic carbocycles. The van der Waals surface area contributed by atoms with Crippen molar-refractivity contribution >= 4 is 47.0 Å². The Morgan fingerprint density at radius 3 is 2.41 bits per heavy atom. The minimum atomic E-state index is -1.42. The number of aromatic carboxylic acids is 2. The minimum Gasteiger partial charge on any atom is -0.478 e. The molecule has 0 aliphatic carbocycles. The van der Waals surface area contributed by atoms with Crippen LogP contribution in [0.2, 0.25) is 0 Å². The molecule has 0 radical (unpaired) electrons. The van der Waals surface area contributed by atoms with Gasteiger partial charge in [0.25, 0.3) is 5.91 Å². The van der Waals surface area contributed by atoms with Crippen LogP contribution < -0.4 is 10.6 Å². The van der Waals surface area contributed by atoms with Gasteiger partial charge in [-0.15, -0.1) is 11.8 Å². The fourth-order valence-electron chi connectivity index (χ4n) is 2.67. The van der Waals surface area contributed by atoms with Crippen LogP contribution in [0.25, 0.3) is 0 Å². The summed E-state index contributed by atoms with van der Waals surface area (Å²) in [6.45, 7) is 1.71. The van der Waals surface area contributed by atoms with Gasteiger partial charge in [0.2, 0.25) is 5.91 Å². The Morgan fingerprint density at radius 2 is 1.75 bits per heavy atom. The molecule has 10 nitrogen and oxygen atoms in total. The maximum atomic E-state index is 12.6. The summed E-state index contributed by atoms with van der Waals surface area (Å²) in [5.74, 6) is -2.74. The smallest absolute Gasteiger partial charge is 0.336 e.